The molecule has 0 radical (unpaired) electrons. The van der Waals surface area contributed by atoms with Crippen molar-refractivity contribution in [1.82, 2.24) is 4.98 Å². The van der Waals surface area contributed by atoms with Crippen LogP contribution >= 0.6 is 0 Å². The van der Waals surface area contributed by atoms with E-state index in [2.05, 4.69) is 4.98 Å². The number of carbonyl (C=O) groups is 1. The van der Waals surface area contributed by atoms with Gasteiger partial charge in [0.1, 0.15) is 5.75 Å². The van der Waals surface area contributed by atoms with Crippen molar-refractivity contribution in [2.45, 2.75) is 13.3 Å². The summed E-state index contributed by atoms with van der Waals surface area (Å²) in [5.41, 5.74) is 1.03. The number of carboxylic acids is 1. The molecule has 4 heteroatoms. The minimum Gasteiger partial charge on any atom is -0.493 e. The molecule has 0 bridgehead atoms. The molecule has 0 aliphatic heterocycles. The van der Waals surface area contributed by atoms with Crippen LogP contribution in [0, 0.1) is 0 Å². The highest BCUT2D eigenvalue weighted by atomic mass is 16.5. The Bertz CT molecular complexity index is 516. The molecule has 0 saturated carbocycles. The van der Waals surface area contributed by atoms with E-state index >= 15 is 0 Å². The number of benzene rings is 1. The summed E-state index contributed by atoms with van der Waals surface area (Å²) in [5.74, 6) is -0.322. The van der Waals surface area contributed by atoms with Crippen LogP contribution in [0.2, 0.25) is 0 Å². The summed E-state index contributed by atoms with van der Waals surface area (Å²) < 4.78 is 5.53. The Labute approximate surface area is 92.9 Å². The van der Waals surface area contributed by atoms with Crippen molar-refractivity contribution in [1.29, 1.82) is 0 Å². The number of nitrogens with one attached hydrogen (secondary N) is 1. The molecule has 2 N–H and O–H groups in total. The lowest BCUT2D eigenvalue weighted by atomic mass is 10.1. The van der Waals surface area contributed by atoms with Gasteiger partial charge >= 0.3 is 5.97 Å². The van der Waals surface area contributed by atoms with E-state index in [9.17, 15) is 4.79 Å². The van der Waals surface area contributed by atoms with Crippen LogP contribution in [-0.2, 0) is 0 Å². The van der Waals surface area contributed by atoms with E-state index in [4.69, 9.17) is 9.84 Å². The minimum atomic E-state index is -0.946. The van der Waals surface area contributed by atoms with Gasteiger partial charge in [0.2, 0.25) is 0 Å². The molecular weight excluding hydrogens is 206 g/mol. The largest absolute Gasteiger partial charge is 0.493 e. The maximum absolute atomic E-state index is 11.0. The highest BCUT2D eigenvalue weighted by Crippen LogP contribution is 2.28. The molecule has 1 aromatic heterocycles. The number of fused-ring (bicyclic) bond motifs is 1. The number of H-pyrrole nitrogens is 1. The standard InChI is InChI=1S/C12H13NO3/c1-2-6-16-10-5-3-4-9-11(10)8(7-13-9)12(14)15/h3-5,7,13H,2,6H2,1H3,(H,14,15). The van der Waals surface area contributed by atoms with Crippen LogP contribution in [0.3, 0.4) is 0 Å². The fraction of sp³-hybridized carbons (Fsp3) is 0.250. The van der Waals surface area contributed by atoms with Crippen molar-refractivity contribution in [3.05, 3.63) is 30.0 Å². The lowest BCUT2D eigenvalue weighted by Crippen LogP contribution is -1.98. The van der Waals surface area contributed by atoms with Crippen molar-refractivity contribution in [3.63, 3.8) is 0 Å². The van der Waals surface area contributed by atoms with Gasteiger partial charge in [-0.1, -0.05) is 13.0 Å². The van der Waals surface area contributed by atoms with E-state index in [-0.39, 0.29) is 5.56 Å². The highest BCUT2D eigenvalue weighted by molar-refractivity contribution is 6.05. The monoisotopic (exact) mass is 219 g/mol. The van der Waals surface area contributed by atoms with Gasteiger partial charge in [-0.05, 0) is 18.6 Å². The number of hydrogen-bond donors (Lipinski definition) is 2. The molecule has 0 unspecified atom stereocenters. The normalized spacial score (nSPS) is 10.6. The third kappa shape index (κ3) is 1.74. The Balaban J connectivity index is 2.54. The minimum absolute atomic E-state index is 0.252. The number of aromatic nitrogens is 1. The Hall–Kier alpha value is -1.97. The average Bonchev–Trinajstić information content (AvgIpc) is 2.70. The Morgan fingerprint density at radius 1 is 1.50 bits per heavy atom. The molecule has 0 saturated heterocycles. The molecule has 0 aliphatic carbocycles. The van der Waals surface area contributed by atoms with Gasteiger partial charge < -0.3 is 14.8 Å². The fourth-order valence-electron chi connectivity index (χ4n) is 1.65. The van der Waals surface area contributed by atoms with Crippen LogP contribution in [0.15, 0.2) is 24.4 Å². The zero-order valence-electron chi connectivity index (χ0n) is 8.99. The number of aromatic amines is 1. The highest BCUT2D eigenvalue weighted by Gasteiger charge is 2.14. The molecule has 1 heterocycles. The lowest BCUT2D eigenvalue weighted by molar-refractivity contribution is 0.0699. The van der Waals surface area contributed by atoms with Gasteiger partial charge in [0.15, 0.2) is 0 Å². The van der Waals surface area contributed by atoms with Gasteiger partial charge in [0.25, 0.3) is 0 Å². The first-order valence-corrected chi connectivity index (χ1v) is 5.20. The fourth-order valence-corrected chi connectivity index (χ4v) is 1.65. The Morgan fingerprint density at radius 3 is 3.00 bits per heavy atom. The molecule has 0 fully saturated rings. The number of ether oxygens (including phenoxy) is 1. The molecule has 0 amide bonds. The SMILES string of the molecule is CCCOc1cccc2[nH]cc(C(=O)O)c12. The van der Waals surface area contributed by atoms with E-state index in [1.54, 1.807) is 6.07 Å². The summed E-state index contributed by atoms with van der Waals surface area (Å²) in [4.78, 5) is 14.0. The van der Waals surface area contributed by atoms with E-state index in [0.29, 0.717) is 17.7 Å². The van der Waals surface area contributed by atoms with Crippen LogP contribution in [0.4, 0.5) is 0 Å². The number of carboxylic acid groups (broad SMARTS) is 1. The van der Waals surface area contributed by atoms with Crippen LogP contribution < -0.4 is 4.74 Å². The summed E-state index contributed by atoms with van der Waals surface area (Å²) in [5, 5.41) is 9.69. The van der Waals surface area contributed by atoms with Gasteiger partial charge in [-0.25, -0.2) is 4.79 Å². The zero-order chi connectivity index (χ0) is 11.5. The van der Waals surface area contributed by atoms with Crippen LogP contribution in [0.5, 0.6) is 5.75 Å². The Morgan fingerprint density at radius 2 is 2.31 bits per heavy atom. The molecule has 1 aromatic carbocycles. The second-order valence-corrected chi connectivity index (χ2v) is 3.53. The molecule has 2 aromatic rings. The average molecular weight is 219 g/mol. The van der Waals surface area contributed by atoms with Crippen molar-refractivity contribution in [2.24, 2.45) is 0 Å². The molecule has 0 spiro atoms. The topological polar surface area (TPSA) is 62.3 Å². The maximum Gasteiger partial charge on any atom is 0.338 e. The first-order valence-electron chi connectivity index (χ1n) is 5.20. The van der Waals surface area contributed by atoms with E-state index in [0.717, 1.165) is 11.9 Å². The number of rotatable bonds is 4. The summed E-state index contributed by atoms with van der Waals surface area (Å²) in [7, 11) is 0. The van der Waals surface area contributed by atoms with E-state index in [1.807, 2.05) is 19.1 Å². The third-order valence-electron chi connectivity index (χ3n) is 2.36. The van der Waals surface area contributed by atoms with Crippen molar-refractivity contribution < 1.29 is 14.6 Å². The molecular formula is C12H13NO3. The first kappa shape index (κ1) is 10.5. The van der Waals surface area contributed by atoms with Crippen molar-refractivity contribution in [2.75, 3.05) is 6.61 Å². The van der Waals surface area contributed by atoms with Crippen LogP contribution in [0.1, 0.15) is 23.7 Å². The van der Waals surface area contributed by atoms with Gasteiger partial charge in [0, 0.05) is 6.20 Å². The number of aromatic carboxylic acids is 1. The maximum atomic E-state index is 11.0. The van der Waals surface area contributed by atoms with Crippen LogP contribution in [0.25, 0.3) is 10.9 Å². The quantitative estimate of drug-likeness (QED) is 0.830. The van der Waals surface area contributed by atoms with Gasteiger partial charge in [-0.15, -0.1) is 0 Å². The Kier molecular flexibility index (Phi) is 2.81. The molecule has 4 nitrogen and oxygen atoms in total. The number of hydrogen-bond acceptors (Lipinski definition) is 2. The second kappa shape index (κ2) is 4.26. The van der Waals surface area contributed by atoms with Gasteiger partial charge in [0.05, 0.1) is 23.1 Å². The summed E-state index contributed by atoms with van der Waals surface area (Å²) in [6.45, 7) is 2.60. The van der Waals surface area contributed by atoms with Gasteiger partial charge in [-0.2, -0.15) is 0 Å². The predicted molar refractivity (Wildman–Crippen MR) is 61.0 cm³/mol. The smallest absolute Gasteiger partial charge is 0.338 e. The molecule has 16 heavy (non-hydrogen) atoms. The summed E-state index contributed by atoms with van der Waals surface area (Å²) in [6, 6.07) is 5.47. The van der Waals surface area contributed by atoms with Crippen molar-refractivity contribution >= 4 is 16.9 Å². The molecule has 0 aliphatic rings. The van der Waals surface area contributed by atoms with Gasteiger partial charge in [-0.3, -0.25) is 0 Å². The summed E-state index contributed by atoms with van der Waals surface area (Å²) >= 11 is 0. The van der Waals surface area contributed by atoms with Crippen LogP contribution in [-0.4, -0.2) is 22.7 Å². The third-order valence-corrected chi connectivity index (χ3v) is 2.36. The van der Waals surface area contributed by atoms with E-state index in [1.165, 1.54) is 6.20 Å². The van der Waals surface area contributed by atoms with Crippen molar-refractivity contribution in [3.8, 4) is 5.75 Å². The first-order chi connectivity index (χ1) is 7.74. The molecule has 84 valence electrons. The molecule has 0 atom stereocenters. The molecule has 2 rings (SSSR count). The lowest BCUT2D eigenvalue weighted by Gasteiger charge is -2.06. The zero-order valence-corrected chi connectivity index (χ0v) is 8.99. The predicted octanol–water partition coefficient (Wildman–Crippen LogP) is 2.65. The second-order valence-electron chi connectivity index (χ2n) is 3.53. The van der Waals surface area contributed by atoms with E-state index < -0.39 is 5.97 Å². The summed E-state index contributed by atoms with van der Waals surface area (Å²) in [6.07, 6.45) is 2.38.